The Morgan fingerprint density at radius 1 is 1.30 bits per heavy atom. The van der Waals surface area contributed by atoms with E-state index in [1.807, 2.05) is 23.1 Å². The molecule has 0 spiro atoms. The lowest BCUT2D eigenvalue weighted by Gasteiger charge is -2.31. The number of rotatable bonds is 3. The lowest BCUT2D eigenvalue weighted by atomic mass is 10.0. The van der Waals surface area contributed by atoms with Crippen LogP contribution in [-0.2, 0) is 9.53 Å². The van der Waals surface area contributed by atoms with Crippen molar-refractivity contribution in [2.75, 3.05) is 13.2 Å². The van der Waals surface area contributed by atoms with Crippen LogP contribution in [0.2, 0.25) is 0 Å². The number of halogens is 3. The van der Waals surface area contributed by atoms with Crippen LogP contribution in [0.4, 0.5) is 13.2 Å². The number of nitrogens with zero attached hydrogens (tertiary/aromatic N) is 3. The summed E-state index contributed by atoms with van der Waals surface area (Å²) in [6, 6.07) is 5.60. The highest BCUT2D eigenvalue weighted by molar-refractivity contribution is 7.07. The highest BCUT2D eigenvalue weighted by Gasteiger charge is 2.48. The average molecular weight is 445 g/mol. The van der Waals surface area contributed by atoms with E-state index in [9.17, 15) is 18.0 Å². The van der Waals surface area contributed by atoms with Crippen molar-refractivity contribution in [2.24, 2.45) is 0 Å². The number of alkyl halides is 3. The second-order valence-corrected chi connectivity index (χ2v) is 7.22. The standard InChI is InChI=1S/C16H17N3O3S.C2HF3O2/c20-16(11-9-23-10-18-11)19-8-13(15-12(19)4-3-7-21-15)22-14-5-1-2-6-17-14;3-2(4,5)1(6)7/h1-2,5-6,9-10,12-13,15H,3-4,7-8H2;(H,6,7)/t12-,13-,15+;/m1./s1. The van der Waals surface area contributed by atoms with Crippen molar-refractivity contribution in [2.45, 2.75) is 37.3 Å². The molecule has 2 saturated heterocycles. The van der Waals surface area contributed by atoms with Crippen molar-refractivity contribution >= 4 is 23.2 Å². The molecule has 0 saturated carbocycles. The van der Waals surface area contributed by atoms with Crippen LogP contribution < -0.4 is 4.74 Å². The first-order chi connectivity index (χ1) is 14.3. The third-order valence-corrected chi connectivity index (χ3v) is 5.13. The van der Waals surface area contributed by atoms with E-state index in [4.69, 9.17) is 19.4 Å². The monoisotopic (exact) mass is 445 g/mol. The summed E-state index contributed by atoms with van der Waals surface area (Å²) in [5.41, 5.74) is 2.18. The quantitative estimate of drug-likeness (QED) is 0.775. The maximum atomic E-state index is 12.7. The van der Waals surface area contributed by atoms with Crippen LogP contribution in [0.3, 0.4) is 0 Å². The molecule has 0 aromatic carbocycles. The number of carboxylic acids is 1. The molecule has 3 atom stereocenters. The molecule has 2 aliphatic rings. The summed E-state index contributed by atoms with van der Waals surface area (Å²) in [6.45, 7) is 1.21. The van der Waals surface area contributed by atoms with Gasteiger partial charge in [0.15, 0.2) is 0 Å². The maximum Gasteiger partial charge on any atom is 0.490 e. The van der Waals surface area contributed by atoms with Gasteiger partial charge in [0.25, 0.3) is 5.91 Å². The van der Waals surface area contributed by atoms with Gasteiger partial charge in [-0.1, -0.05) is 6.07 Å². The fourth-order valence-electron chi connectivity index (χ4n) is 3.28. The minimum absolute atomic E-state index is 0.0427. The van der Waals surface area contributed by atoms with E-state index in [1.165, 1.54) is 11.3 Å². The number of carboxylic acid groups (broad SMARTS) is 1. The van der Waals surface area contributed by atoms with Crippen LogP contribution in [0, 0.1) is 0 Å². The predicted molar refractivity (Wildman–Crippen MR) is 98.3 cm³/mol. The molecule has 0 aliphatic carbocycles. The molecule has 4 heterocycles. The molecular formula is C18H18F3N3O5S. The third-order valence-electron chi connectivity index (χ3n) is 4.54. The molecule has 2 aliphatic heterocycles. The Bertz CT molecular complexity index is 851. The number of thiazole rings is 1. The molecule has 1 N–H and O–H groups in total. The van der Waals surface area contributed by atoms with Gasteiger partial charge in [-0.25, -0.2) is 14.8 Å². The summed E-state index contributed by atoms with van der Waals surface area (Å²) in [5.74, 6) is -2.24. The molecule has 8 nitrogen and oxygen atoms in total. The van der Waals surface area contributed by atoms with Crippen LogP contribution >= 0.6 is 11.3 Å². The number of fused-ring (bicyclic) bond motifs is 1. The van der Waals surface area contributed by atoms with Crippen LogP contribution in [0.15, 0.2) is 35.3 Å². The first-order valence-electron chi connectivity index (χ1n) is 8.96. The van der Waals surface area contributed by atoms with Crippen molar-refractivity contribution < 1.29 is 37.3 Å². The van der Waals surface area contributed by atoms with Crippen molar-refractivity contribution in [1.82, 2.24) is 14.9 Å². The Hall–Kier alpha value is -2.73. The van der Waals surface area contributed by atoms with Gasteiger partial charge in [-0.05, 0) is 18.9 Å². The number of hydrogen-bond donors (Lipinski definition) is 1. The largest absolute Gasteiger partial charge is 0.490 e. The highest BCUT2D eigenvalue weighted by atomic mass is 32.1. The molecule has 1 amide bonds. The van der Waals surface area contributed by atoms with E-state index < -0.39 is 12.1 Å². The van der Waals surface area contributed by atoms with Gasteiger partial charge < -0.3 is 19.5 Å². The summed E-state index contributed by atoms with van der Waals surface area (Å²) in [6.07, 6.45) is -1.80. The molecule has 162 valence electrons. The highest BCUT2D eigenvalue weighted by Crippen LogP contribution is 2.32. The zero-order valence-corrected chi connectivity index (χ0v) is 16.3. The molecule has 2 aromatic heterocycles. The Balaban J connectivity index is 0.000000318. The van der Waals surface area contributed by atoms with Crippen molar-refractivity contribution in [3.63, 3.8) is 0 Å². The summed E-state index contributed by atoms with van der Waals surface area (Å²) < 4.78 is 43.7. The van der Waals surface area contributed by atoms with Crippen LogP contribution in [0.1, 0.15) is 23.3 Å². The maximum absolute atomic E-state index is 12.7. The van der Waals surface area contributed by atoms with E-state index in [0.29, 0.717) is 24.7 Å². The number of hydrogen-bond acceptors (Lipinski definition) is 7. The van der Waals surface area contributed by atoms with E-state index in [2.05, 4.69) is 9.97 Å². The van der Waals surface area contributed by atoms with Gasteiger partial charge in [0.05, 0.1) is 18.1 Å². The van der Waals surface area contributed by atoms with Gasteiger partial charge in [0.1, 0.15) is 17.9 Å². The number of aliphatic carboxylic acids is 1. The molecule has 4 rings (SSSR count). The molecule has 2 fully saturated rings. The second kappa shape index (κ2) is 9.39. The smallest absolute Gasteiger partial charge is 0.475 e. The minimum atomic E-state index is -5.08. The summed E-state index contributed by atoms with van der Waals surface area (Å²) in [4.78, 5) is 31.8. The normalized spacial score (nSPS) is 23.2. The van der Waals surface area contributed by atoms with Crippen molar-refractivity contribution in [3.8, 4) is 5.88 Å². The van der Waals surface area contributed by atoms with E-state index in [0.717, 1.165) is 12.8 Å². The number of likely N-dealkylation sites (tertiary alicyclic amines) is 1. The summed E-state index contributed by atoms with van der Waals surface area (Å²) in [5, 5.41) is 8.91. The minimum Gasteiger partial charge on any atom is -0.475 e. The number of aromatic nitrogens is 2. The lowest BCUT2D eigenvalue weighted by Crippen LogP contribution is -2.44. The van der Waals surface area contributed by atoms with Gasteiger partial charge in [-0.15, -0.1) is 11.3 Å². The van der Waals surface area contributed by atoms with Crippen molar-refractivity contribution in [3.05, 3.63) is 41.0 Å². The predicted octanol–water partition coefficient (Wildman–Crippen LogP) is 2.62. The molecule has 2 aromatic rings. The second-order valence-electron chi connectivity index (χ2n) is 6.50. The Morgan fingerprint density at radius 2 is 2.07 bits per heavy atom. The first kappa shape index (κ1) is 22.0. The zero-order valence-electron chi connectivity index (χ0n) is 15.5. The van der Waals surface area contributed by atoms with Gasteiger partial charge >= 0.3 is 12.1 Å². The van der Waals surface area contributed by atoms with Crippen LogP contribution in [0.5, 0.6) is 5.88 Å². The van der Waals surface area contributed by atoms with Gasteiger partial charge in [0.2, 0.25) is 5.88 Å². The Labute approximate surface area is 173 Å². The Morgan fingerprint density at radius 3 is 2.67 bits per heavy atom. The number of carbonyl (C=O) groups excluding carboxylic acids is 1. The van der Waals surface area contributed by atoms with E-state index in [1.54, 1.807) is 17.1 Å². The zero-order chi connectivity index (χ0) is 21.7. The van der Waals surface area contributed by atoms with E-state index >= 15 is 0 Å². The molecule has 0 radical (unpaired) electrons. The van der Waals surface area contributed by atoms with Crippen LogP contribution in [0.25, 0.3) is 0 Å². The number of carbonyl (C=O) groups is 2. The average Bonchev–Trinajstić information content (AvgIpc) is 3.37. The van der Waals surface area contributed by atoms with E-state index in [-0.39, 0.29) is 24.2 Å². The molecule has 0 bridgehead atoms. The fourth-order valence-corrected chi connectivity index (χ4v) is 3.81. The first-order valence-corrected chi connectivity index (χ1v) is 9.90. The fraction of sp³-hybridized carbons (Fsp3) is 0.444. The third kappa shape index (κ3) is 5.25. The summed E-state index contributed by atoms with van der Waals surface area (Å²) in [7, 11) is 0. The molecule has 12 heteroatoms. The number of ether oxygens (including phenoxy) is 2. The summed E-state index contributed by atoms with van der Waals surface area (Å²) >= 11 is 1.43. The lowest BCUT2D eigenvalue weighted by molar-refractivity contribution is -0.192. The van der Waals surface area contributed by atoms with Gasteiger partial charge in [-0.2, -0.15) is 13.2 Å². The molecule has 0 unspecified atom stereocenters. The van der Waals surface area contributed by atoms with Crippen LogP contribution in [-0.4, -0.2) is 69.4 Å². The Kier molecular flexibility index (Phi) is 6.87. The van der Waals surface area contributed by atoms with Gasteiger partial charge in [-0.3, -0.25) is 4.79 Å². The van der Waals surface area contributed by atoms with Gasteiger partial charge in [0, 0.05) is 24.3 Å². The number of amides is 1. The molecule has 30 heavy (non-hydrogen) atoms. The van der Waals surface area contributed by atoms with Crippen molar-refractivity contribution in [1.29, 1.82) is 0 Å². The topological polar surface area (TPSA) is 102 Å². The SMILES string of the molecule is O=C(O)C(F)(F)F.O=C(c1cscn1)N1C[C@@H](Oc2ccccn2)[C@H]2OCCC[C@H]21. The number of pyridine rings is 1. The molecular weight excluding hydrogens is 427 g/mol.